The molecule has 1 fully saturated rings. The van der Waals surface area contributed by atoms with E-state index in [1.807, 2.05) is 13.8 Å². The van der Waals surface area contributed by atoms with Crippen molar-refractivity contribution >= 4 is 25.7 Å². The third-order valence-corrected chi connectivity index (χ3v) is 10.1. The molecule has 0 bridgehead atoms. The highest BCUT2D eigenvalue weighted by molar-refractivity contribution is 7.93. The number of nitrogens with zero attached hydrogens (tertiary/aromatic N) is 2. The molecular formula is C28H30N2O4S2. The highest BCUT2D eigenvalue weighted by Crippen LogP contribution is 2.41. The topological polar surface area (TPSA) is 74.8 Å². The molecule has 0 radical (unpaired) electrons. The van der Waals surface area contributed by atoms with Gasteiger partial charge in [-0.1, -0.05) is 72.3 Å². The molecule has 0 amide bonds. The minimum Gasteiger partial charge on any atom is -0.244 e. The van der Waals surface area contributed by atoms with E-state index in [0.717, 1.165) is 11.1 Å². The van der Waals surface area contributed by atoms with E-state index >= 15 is 0 Å². The van der Waals surface area contributed by atoms with Crippen molar-refractivity contribution in [1.29, 1.82) is 0 Å². The summed E-state index contributed by atoms with van der Waals surface area (Å²) >= 11 is 0. The molecule has 2 atom stereocenters. The Morgan fingerprint density at radius 2 is 1.33 bits per heavy atom. The second kappa shape index (κ2) is 9.69. The Morgan fingerprint density at radius 1 is 0.833 bits per heavy atom. The lowest BCUT2D eigenvalue weighted by Crippen LogP contribution is -2.50. The SMILES string of the molecule is C=C(C)[C@@H]1CN(S(=O)(=O)c2ccc(C)cc2)[C@@H](N(c2ccccc2)S(=O)(=O)c2ccc(C)cc2)C1=C. The minimum absolute atomic E-state index is 0.0434. The fraction of sp³-hybridized carbons (Fsp3) is 0.214. The molecule has 1 aliphatic rings. The lowest BCUT2D eigenvalue weighted by Gasteiger charge is -2.36. The maximum atomic E-state index is 14.1. The van der Waals surface area contributed by atoms with Crippen LogP contribution in [0.2, 0.25) is 0 Å². The zero-order chi connectivity index (χ0) is 26.3. The molecule has 3 aromatic rings. The number of rotatable bonds is 7. The standard InChI is InChI=1S/C28H30N2O4S2/c1-20(2)27-19-29(35(31,32)25-15-11-21(3)12-16-25)28(23(27)5)30(24-9-7-6-8-10-24)36(33,34)26-17-13-22(4)14-18-26/h6-18,27-28H,1,5,19H2,2-4H3/t27-,28-/m0/s1. The molecule has 1 saturated heterocycles. The van der Waals surface area contributed by atoms with Crippen molar-refractivity contribution in [2.75, 3.05) is 10.8 Å². The molecule has 0 aromatic heterocycles. The van der Waals surface area contributed by atoms with Crippen molar-refractivity contribution in [3.63, 3.8) is 0 Å². The Hall–Kier alpha value is -3.20. The number of benzene rings is 3. The summed E-state index contributed by atoms with van der Waals surface area (Å²) in [6.45, 7) is 13.8. The fourth-order valence-corrected chi connectivity index (χ4v) is 7.65. The van der Waals surface area contributed by atoms with E-state index in [9.17, 15) is 16.8 Å². The van der Waals surface area contributed by atoms with E-state index in [0.29, 0.717) is 16.8 Å². The lowest BCUT2D eigenvalue weighted by atomic mass is 9.96. The van der Waals surface area contributed by atoms with Crippen molar-refractivity contribution in [3.8, 4) is 0 Å². The number of sulfonamides is 2. The summed E-state index contributed by atoms with van der Waals surface area (Å²) in [5.74, 6) is -0.408. The highest BCUT2D eigenvalue weighted by Gasteiger charge is 2.49. The van der Waals surface area contributed by atoms with Crippen molar-refractivity contribution in [2.45, 2.75) is 36.7 Å². The van der Waals surface area contributed by atoms with Gasteiger partial charge in [-0.3, -0.25) is 0 Å². The smallest absolute Gasteiger partial charge is 0.244 e. The predicted octanol–water partition coefficient (Wildman–Crippen LogP) is 5.28. The average Bonchev–Trinajstić information content (AvgIpc) is 3.18. The second-order valence-electron chi connectivity index (χ2n) is 9.18. The van der Waals surface area contributed by atoms with E-state index in [1.54, 1.807) is 73.7 Å². The van der Waals surface area contributed by atoms with Crippen LogP contribution >= 0.6 is 0 Å². The molecule has 0 N–H and O–H groups in total. The quantitative estimate of drug-likeness (QED) is 0.396. The molecule has 0 aliphatic carbocycles. The molecule has 6 nitrogen and oxygen atoms in total. The number of hydrogen-bond acceptors (Lipinski definition) is 4. The summed E-state index contributed by atoms with van der Waals surface area (Å²) < 4.78 is 58.6. The average molecular weight is 523 g/mol. The Morgan fingerprint density at radius 3 is 1.83 bits per heavy atom. The summed E-state index contributed by atoms with van der Waals surface area (Å²) in [6.07, 6.45) is -1.17. The van der Waals surface area contributed by atoms with Crippen LogP contribution < -0.4 is 4.31 Å². The van der Waals surface area contributed by atoms with Crippen LogP contribution in [0.4, 0.5) is 5.69 Å². The molecule has 1 heterocycles. The molecule has 188 valence electrons. The van der Waals surface area contributed by atoms with Crippen molar-refractivity contribution in [2.24, 2.45) is 5.92 Å². The first-order valence-corrected chi connectivity index (χ1v) is 14.4. The van der Waals surface area contributed by atoms with E-state index in [1.165, 1.54) is 20.7 Å². The van der Waals surface area contributed by atoms with Gasteiger partial charge in [-0.05, 0) is 62.7 Å². The Balaban J connectivity index is 1.95. The molecule has 0 unspecified atom stereocenters. The van der Waals surface area contributed by atoms with Crippen LogP contribution in [0.25, 0.3) is 0 Å². The Kier molecular flexibility index (Phi) is 6.96. The van der Waals surface area contributed by atoms with Gasteiger partial charge in [0.1, 0.15) is 6.17 Å². The predicted molar refractivity (Wildman–Crippen MR) is 144 cm³/mol. The van der Waals surface area contributed by atoms with E-state index < -0.39 is 32.1 Å². The largest absolute Gasteiger partial charge is 0.265 e. The molecule has 36 heavy (non-hydrogen) atoms. The number of aryl methyl sites for hydroxylation is 2. The fourth-order valence-electron chi connectivity index (χ4n) is 4.39. The van der Waals surface area contributed by atoms with Crippen LogP contribution in [0.3, 0.4) is 0 Å². The third kappa shape index (κ3) is 4.64. The van der Waals surface area contributed by atoms with Gasteiger partial charge in [0, 0.05) is 12.5 Å². The molecule has 4 rings (SSSR count). The van der Waals surface area contributed by atoms with Crippen molar-refractivity contribution < 1.29 is 16.8 Å². The van der Waals surface area contributed by atoms with Crippen molar-refractivity contribution in [3.05, 3.63) is 114 Å². The van der Waals surface area contributed by atoms with Gasteiger partial charge in [-0.2, -0.15) is 4.31 Å². The second-order valence-corrected chi connectivity index (χ2v) is 12.9. The summed E-state index contributed by atoms with van der Waals surface area (Å²) in [5, 5.41) is 0. The molecule has 8 heteroatoms. The number of para-hydroxylation sites is 1. The van der Waals surface area contributed by atoms with Crippen LogP contribution in [-0.2, 0) is 20.0 Å². The first-order chi connectivity index (χ1) is 16.9. The summed E-state index contributed by atoms with van der Waals surface area (Å²) in [6, 6.07) is 21.6. The van der Waals surface area contributed by atoms with E-state index in [2.05, 4.69) is 13.2 Å². The zero-order valence-electron chi connectivity index (χ0n) is 20.6. The zero-order valence-corrected chi connectivity index (χ0v) is 22.3. The van der Waals surface area contributed by atoms with Crippen molar-refractivity contribution in [1.82, 2.24) is 4.31 Å². The normalized spacial score (nSPS) is 18.8. The van der Waals surface area contributed by atoms with Gasteiger partial charge < -0.3 is 0 Å². The Bertz CT molecular complexity index is 1500. The van der Waals surface area contributed by atoms with Gasteiger partial charge in [0.15, 0.2) is 0 Å². The Labute approximate surface area is 214 Å². The van der Waals surface area contributed by atoms with Gasteiger partial charge in [-0.25, -0.2) is 21.1 Å². The van der Waals surface area contributed by atoms with Gasteiger partial charge in [-0.15, -0.1) is 0 Å². The molecule has 0 spiro atoms. The van der Waals surface area contributed by atoms with E-state index in [4.69, 9.17) is 0 Å². The maximum Gasteiger partial charge on any atom is 0.265 e. The van der Waals surface area contributed by atoms with Crippen LogP contribution in [0.1, 0.15) is 18.1 Å². The summed E-state index contributed by atoms with van der Waals surface area (Å²) in [4.78, 5) is 0.158. The molecule has 3 aromatic carbocycles. The van der Waals surface area contributed by atoms with Crippen LogP contribution in [0.15, 0.2) is 113 Å². The molecular weight excluding hydrogens is 492 g/mol. The first-order valence-electron chi connectivity index (χ1n) is 11.5. The number of anilines is 1. The lowest BCUT2D eigenvalue weighted by molar-refractivity contribution is 0.406. The van der Waals surface area contributed by atoms with Crippen LogP contribution in [0.5, 0.6) is 0 Å². The van der Waals surface area contributed by atoms with Gasteiger partial charge >= 0.3 is 0 Å². The van der Waals surface area contributed by atoms with E-state index in [-0.39, 0.29) is 16.3 Å². The van der Waals surface area contributed by atoms with Gasteiger partial charge in [0.2, 0.25) is 10.0 Å². The molecule has 0 saturated carbocycles. The third-order valence-electron chi connectivity index (χ3n) is 6.45. The minimum atomic E-state index is -4.18. The molecule has 1 aliphatic heterocycles. The maximum absolute atomic E-state index is 14.1. The summed E-state index contributed by atoms with van der Waals surface area (Å²) in [7, 11) is -8.26. The van der Waals surface area contributed by atoms with Crippen LogP contribution in [0, 0.1) is 19.8 Å². The monoisotopic (exact) mass is 522 g/mol. The first kappa shape index (κ1) is 25.9. The van der Waals surface area contributed by atoms with Gasteiger partial charge in [0.05, 0.1) is 15.5 Å². The number of hydrogen-bond donors (Lipinski definition) is 0. The summed E-state index contributed by atoms with van der Waals surface area (Å²) in [5.41, 5.74) is 3.35. The van der Waals surface area contributed by atoms with Gasteiger partial charge in [0.25, 0.3) is 10.0 Å². The highest BCUT2D eigenvalue weighted by atomic mass is 32.2. The van der Waals surface area contributed by atoms with Crippen LogP contribution in [-0.4, -0.2) is 33.9 Å².